The van der Waals surface area contributed by atoms with Crippen molar-refractivity contribution in [2.75, 3.05) is 68.1 Å². The molecule has 1 unspecified atom stereocenters. The lowest BCUT2D eigenvalue weighted by Gasteiger charge is -2.30. The molecule has 5 rings (SSSR count). The smallest absolute Gasteiger partial charge is 0.379 e. The van der Waals surface area contributed by atoms with E-state index < -0.39 is 18.5 Å². The van der Waals surface area contributed by atoms with Crippen LogP contribution in [0.4, 0.5) is 35.3 Å². The quantitative estimate of drug-likeness (QED) is 0.512. The van der Waals surface area contributed by atoms with Crippen molar-refractivity contribution in [3.05, 3.63) is 35.9 Å². The average molecular weight is 548 g/mol. The van der Waals surface area contributed by atoms with Crippen LogP contribution in [0.2, 0.25) is 0 Å². The number of nitrogens with one attached hydrogen (secondary N) is 2. The third kappa shape index (κ3) is 6.94. The molecule has 39 heavy (non-hydrogen) atoms. The third-order valence-corrected chi connectivity index (χ3v) is 7.69. The van der Waals surface area contributed by atoms with Crippen molar-refractivity contribution in [3.8, 4) is 11.1 Å². The number of rotatable bonds is 6. The highest BCUT2D eigenvalue weighted by Gasteiger charge is 2.36. The van der Waals surface area contributed by atoms with E-state index >= 15 is 0 Å². The van der Waals surface area contributed by atoms with Crippen LogP contribution >= 0.6 is 0 Å². The third-order valence-electron chi connectivity index (χ3n) is 7.69. The molecule has 8 nitrogen and oxygen atoms in total. The summed E-state index contributed by atoms with van der Waals surface area (Å²) in [5.41, 5.74) is 3.31. The van der Waals surface area contributed by atoms with Gasteiger partial charge in [-0.25, -0.2) is 9.78 Å². The average Bonchev–Trinajstić information content (AvgIpc) is 3.53. The van der Waals surface area contributed by atoms with Gasteiger partial charge in [-0.1, -0.05) is 6.07 Å². The van der Waals surface area contributed by atoms with Crippen molar-refractivity contribution in [3.63, 3.8) is 0 Å². The molecule has 4 heterocycles. The molecule has 1 aromatic heterocycles. The fourth-order valence-electron chi connectivity index (χ4n) is 5.49. The first kappa shape index (κ1) is 27.5. The Kier molecular flexibility index (Phi) is 7.91. The molecule has 11 heteroatoms. The summed E-state index contributed by atoms with van der Waals surface area (Å²) in [6.45, 7) is 8.64. The monoisotopic (exact) mass is 547 g/mol. The Bertz CT molecular complexity index is 1180. The lowest BCUT2D eigenvalue weighted by molar-refractivity contribution is -0.143. The summed E-state index contributed by atoms with van der Waals surface area (Å²) in [5.74, 6) is 1.05. The SMILES string of the molecule is Cc1ccc(NC(=O)N2CC[C@@H](CC(F)(F)F)C2)cc1-c1cc(NC2(C)CCOC2)nc(N2CCOCC2)c1. The second-order valence-electron chi connectivity index (χ2n) is 11.1. The van der Waals surface area contributed by atoms with Crippen molar-refractivity contribution in [2.24, 2.45) is 5.92 Å². The number of alkyl halides is 3. The molecule has 0 bridgehead atoms. The lowest BCUT2D eigenvalue weighted by Crippen LogP contribution is -2.38. The first-order valence-electron chi connectivity index (χ1n) is 13.5. The van der Waals surface area contributed by atoms with Gasteiger partial charge >= 0.3 is 12.2 Å². The molecule has 3 fully saturated rings. The number of amides is 2. The first-order valence-corrected chi connectivity index (χ1v) is 13.5. The first-order chi connectivity index (χ1) is 18.6. The zero-order chi connectivity index (χ0) is 27.6. The van der Waals surface area contributed by atoms with Crippen LogP contribution in [-0.2, 0) is 9.47 Å². The lowest BCUT2D eigenvalue weighted by atomic mass is 9.99. The van der Waals surface area contributed by atoms with Crippen LogP contribution in [0.1, 0.15) is 31.7 Å². The maximum atomic E-state index is 12.9. The molecular weight excluding hydrogens is 511 g/mol. The van der Waals surface area contributed by atoms with Crippen LogP contribution in [0.15, 0.2) is 30.3 Å². The predicted octanol–water partition coefficient (Wildman–Crippen LogP) is 5.29. The number of morpholine rings is 1. The molecule has 3 aliphatic heterocycles. The Morgan fingerprint density at radius 2 is 1.92 bits per heavy atom. The number of carbonyl (C=O) groups is 1. The maximum Gasteiger partial charge on any atom is 0.389 e. The topological polar surface area (TPSA) is 79.0 Å². The van der Waals surface area contributed by atoms with Gasteiger partial charge in [-0.15, -0.1) is 0 Å². The number of aromatic nitrogens is 1. The van der Waals surface area contributed by atoms with Gasteiger partial charge < -0.3 is 29.9 Å². The van der Waals surface area contributed by atoms with E-state index in [0.717, 1.165) is 47.8 Å². The molecule has 2 amide bonds. The molecule has 2 atom stereocenters. The van der Waals surface area contributed by atoms with Crippen LogP contribution < -0.4 is 15.5 Å². The zero-order valence-electron chi connectivity index (χ0n) is 22.4. The molecule has 0 aliphatic carbocycles. The second-order valence-corrected chi connectivity index (χ2v) is 11.1. The van der Waals surface area contributed by atoms with E-state index in [1.807, 2.05) is 31.2 Å². The summed E-state index contributed by atoms with van der Waals surface area (Å²) < 4.78 is 49.5. The highest BCUT2D eigenvalue weighted by atomic mass is 19.4. The summed E-state index contributed by atoms with van der Waals surface area (Å²) in [6.07, 6.45) is -3.84. The molecular formula is C28H36F3N5O3. The van der Waals surface area contributed by atoms with Crippen LogP contribution in [0.3, 0.4) is 0 Å². The van der Waals surface area contributed by atoms with Crippen molar-refractivity contribution < 1.29 is 27.4 Å². The minimum atomic E-state index is -4.22. The minimum absolute atomic E-state index is 0.106. The summed E-state index contributed by atoms with van der Waals surface area (Å²) in [4.78, 5) is 21.5. The van der Waals surface area contributed by atoms with Gasteiger partial charge in [0.15, 0.2) is 0 Å². The van der Waals surface area contributed by atoms with Crippen molar-refractivity contribution in [1.29, 1.82) is 0 Å². The molecule has 2 N–H and O–H groups in total. The number of likely N-dealkylation sites (tertiary alicyclic amines) is 1. The highest BCUT2D eigenvalue weighted by molar-refractivity contribution is 5.91. The zero-order valence-corrected chi connectivity index (χ0v) is 22.4. The Hall–Kier alpha value is -3.05. The standard InChI is InChI=1S/C28H36F3N5O3/c1-19-3-4-22(32-26(37)36-7-5-20(17-36)16-28(29,30)31)15-23(19)21-13-24(34-27(2)6-10-39-18-27)33-25(14-21)35-8-11-38-12-9-35/h3-4,13-15,20H,5-12,16-18H2,1-2H3,(H,32,37)(H,33,34)/t20-,27?/m0/s1. The number of aryl methyl sites for hydroxylation is 1. The number of nitrogens with zero attached hydrogens (tertiary/aromatic N) is 3. The Morgan fingerprint density at radius 3 is 2.64 bits per heavy atom. The molecule has 3 aliphatic rings. The summed E-state index contributed by atoms with van der Waals surface area (Å²) in [7, 11) is 0. The van der Waals surface area contributed by atoms with Gasteiger partial charge in [0.05, 0.1) is 25.4 Å². The molecule has 1 aromatic carbocycles. The number of benzene rings is 1. The highest BCUT2D eigenvalue weighted by Crippen LogP contribution is 2.34. The Morgan fingerprint density at radius 1 is 1.13 bits per heavy atom. The van der Waals surface area contributed by atoms with Gasteiger partial charge in [0, 0.05) is 44.9 Å². The fourth-order valence-corrected chi connectivity index (χ4v) is 5.49. The second kappa shape index (κ2) is 11.2. The molecule has 3 saturated heterocycles. The normalized spacial score (nSPS) is 23.8. The van der Waals surface area contributed by atoms with Crippen LogP contribution in [0.5, 0.6) is 0 Å². The number of halogens is 3. The predicted molar refractivity (Wildman–Crippen MR) is 144 cm³/mol. The van der Waals surface area contributed by atoms with Crippen molar-refractivity contribution >= 4 is 23.4 Å². The van der Waals surface area contributed by atoms with Gasteiger partial charge in [-0.2, -0.15) is 13.2 Å². The fraction of sp³-hybridized carbons (Fsp3) is 0.571. The number of hydrogen-bond donors (Lipinski definition) is 2. The van der Waals surface area contributed by atoms with Gasteiger partial charge in [0.25, 0.3) is 0 Å². The summed E-state index contributed by atoms with van der Waals surface area (Å²) in [5, 5.41) is 6.47. The van der Waals surface area contributed by atoms with Crippen LogP contribution in [-0.4, -0.2) is 80.2 Å². The van der Waals surface area contributed by atoms with E-state index in [-0.39, 0.29) is 18.1 Å². The number of ether oxygens (including phenoxy) is 2. The van der Waals surface area contributed by atoms with E-state index in [1.165, 1.54) is 4.90 Å². The summed E-state index contributed by atoms with van der Waals surface area (Å²) >= 11 is 0. The van der Waals surface area contributed by atoms with Crippen LogP contribution in [0.25, 0.3) is 11.1 Å². The van der Waals surface area contributed by atoms with Gasteiger partial charge in [-0.05, 0) is 73.6 Å². The van der Waals surface area contributed by atoms with Crippen molar-refractivity contribution in [1.82, 2.24) is 9.88 Å². The Balaban J connectivity index is 1.38. The van der Waals surface area contributed by atoms with Gasteiger partial charge in [0.1, 0.15) is 11.6 Å². The largest absolute Gasteiger partial charge is 0.389 e. The van der Waals surface area contributed by atoms with E-state index in [1.54, 1.807) is 0 Å². The number of anilines is 3. The van der Waals surface area contributed by atoms with Gasteiger partial charge in [-0.3, -0.25) is 0 Å². The molecule has 0 spiro atoms. The van der Waals surface area contributed by atoms with Gasteiger partial charge in [0.2, 0.25) is 0 Å². The van der Waals surface area contributed by atoms with Crippen LogP contribution in [0, 0.1) is 12.8 Å². The van der Waals surface area contributed by atoms with Crippen molar-refractivity contribution in [2.45, 2.75) is 44.8 Å². The summed E-state index contributed by atoms with van der Waals surface area (Å²) in [6, 6.07) is 9.37. The van der Waals surface area contributed by atoms with E-state index in [9.17, 15) is 18.0 Å². The minimum Gasteiger partial charge on any atom is -0.379 e. The molecule has 0 radical (unpaired) electrons. The molecule has 0 saturated carbocycles. The molecule has 212 valence electrons. The van der Waals surface area contributed by atoms with E-state index in [4.69, 9.17) is 14.5 Å². The van der Waals surface area contributed by atoms with E-state index in [0.29, 0.717) is 45.1 Å². The number of urea groups is 1. The Labute approximate surface area is 226 Å². The van der Waals surface area contributed by atoms with E-state index in [2.05, 4.69) is 28.5 Å². The number of hydrogen-bond acceptors (Lipinski definition) is 6. The number of carbonyl (C=O) groups excluding carboxylic acids is 1. The number of pyridine rings is 1. The molecule has 2 aromatic rings. The maximum absolute atomic E-state index is 12.9.